The number of hydrogen-bond acceptors (Lipinski definition) is 6. The van der Waals surface area contributed by atoms with E-state index in [9.17, 15) is 4.79 Å². The summed E-state index contributed by atoms with van der Waals surface area (Å²) < 4.78 is 5.15. The van der Waals surface area contributed by atoms with E-state index in [1.807, 2.05) is 51.2 Å². The summed E-state index contributed by atoms with van der Waals surface area (Å²) in [5.74, 6) is 0.209. The molecular weight excluding hydrogens is 388 g/mol. The number of carbonyl (C=O) groups excluding carboxylic acids is 1. The van der Waals surface area contributed by atoms with Crippen LogP contribution in [0.4, 0.5) is 11.6 Å². The maximum atomic E-state index is 12.2. The largest absolute Gasteiger partial charge is 0.462 e. The zero-order valence-electron chi connectivity index (χ0n) is 18.1. The summed E-state index contributed by atoms with van der Waals surface area (Å²) in [5, 5.41) is 4.14. The Morgan fingerprint density at radius 2 is 1.81 bits per heavy atom. The van der Waals surface area contributed by atoms with Crippen molar-refractivity contribution in [1.29, 1.82) is 0 Å². The van der Waals surface area contributed by atoms with Crippen LogP contribution in [0.1, 0.15) is 34.1 Å². The molecule has 1 N–H and O–H groups in total. The third kappa shape index (κ3) is 4.38. The van der Waals surface area contributed by atoms with Gasteiger partial charge in [-0.1, -0.05) is 6.07 Å². The van der Waals surface area contributed by atoms with Crippen molar-refractivity contribution in [2.45, 2.75) is 27.7 Å². The van der Waals surface area contributed by atoms with Crippen molar-refractivity contribution in [3.05, 3.63) is 77.2 Å². The van der Waals surface area contributed by atoms with Gasteiger partial charge in [-0.2, -0.15) is 0 Å². The van der Waals surface area contributed by atoms with Crippen molar-refractivity contribution in [2.24, 2.45) is 0 Å². The first-order valence-corrected chi connectivity index (χ1v) is 10.2. The minimum absolute atomic E-state index is 0.314. The Bertz CT molecular complexity index is 1270. The van der Waals surface area contributed by atoms with Gasteiger partial charge in [0.15, 0.2) is 0 Å². The van der Waals surface area contributed by atoms with E-state index in [2.05, 4.69) is 27.4 Å². The predicted octanol–water partition coefficient (Wildman–Crippen LogP) is 5.54. The van der Waals surface area contributed by atoms with Gasteiger partial charge in [0.1, 0.15) is 0 Å². The second-order valence-corrected chi connectivity index (χ2v) is 7.49. The number of aromatic nitrogens is 3. The summed E-state index contributed by atoms with van der Waals surface area (Å²) in [6.45, 7) is 8.16. The number of carbonyl (C=O) groups is 1. The zero-order valence-corrected chi connectivity index (χ0v) is 18.1. The Kier molecular flexibility index (Phi) is 5.62. The highest BCUT2D eigenvalue weighted by molar-refractivity contribution is 5.93. The molecule has 156 valence electrons. The normalized spacial score (nSPS) is 10.8. The van der Waals surface area contributed by atoms with Gasteiger partial charge in [0.05, 0.1) is 29.6 Å². The van der Waals surface area contributed by atoms with Crippen LogP contribution in [0.25, 0.3) is 22.0 Å². The number of nitrogens with one attached hydrogen (secondary N) is 1. The van der Waals surface area contributed by atoms with E-state index in [0.29, 0.717) is 18.1 Å². The Hall–Kier alpha value is -3.80. The maximum absolute atomic E-state index is 12.2. The number of ether oxygens (including phenoxy) is 1. The quantitative estimate of drug-likeness (QED) is 0.434. The van der Waals surface area contributed by atoms with Crippen LogP contribution in [-0.2, 0) is 4.74 Å². The third-order valence-electron chi connectivity index (χ3n) is 5.10. The number of benzene rings is 2. The van der Waals surface area contributed by atoms with E-state index in [-0.39, 0.29) is 5.97 Å². The number of fused-ring (bicyclic) bond motifs is 1. The molecule has 6 nitrogen and oxygen atoms in total. The smallest absolute Gasteiger partial charge is 0.338 e. The van der Waals surface area contributed by atoms with Gasteiger partial charge < -0.3 is 10.1 Å². The lowest BCUT2D eigenvalue weighted by Crippen LogP contribution is -2.05. The van der Waals surface area contributed by atoms with E-state index >= 15 is 0 Å². The Balaban J connectivity index is 1.70. The van der Waals surface area contributed by atoms with Gasteiger partial charge in [-0.3, -0.25) is 4.98 Å². The first-order chi connectivity index (χ1) is 14.9. The molecule has 0 unspecified atom stereocenters. The van der Waals surface area contributed by atoms with Crippen molar-refractivity contribution in [1.82, 2.24) is 15.0 Å². The SMILES string of the molecule is CCOC(=O)c1ccc(C)c(-c2cc(C)c3nc(Nc4ccc(C)nc4)ncc3c2)c1. The summed E-state index contributed by atoms with van der Waals surface area (Å²) in [5.41, 5.74) is 7.33. The van der Waals surface area contributed by atoms with Crippen LogP contribution >= 0.6 is 0 Å². The lowest BCUT2D eigenvalue weighted by atomic mass is 9.95. The molecule has 2 aromatic carbocycles. The first kappa shape index (κ1) is 20.5. The third-order valence-corrected chi connectivity index (χ3v) is 5.10. The maximum Gasteiger partial charge on any atom is 0.338 e. The molecule has 2 heterocycles. The number of anilines is 2. The molecule has 2 aromatic heterocycles. The first-order valence-electron chi connectivity index (χ1n) is 10.2. The zero-order chi connectivity index (χ0) is 22.0. The number of esters is 1. The molecule has 0 fully saturated rings. The van der Waals surface area contributed by atoms with Crippen LogP contribution in [0.2, 0.25) is 0 Å². The van der Waals surface area contributed by atoms with Crippen LogP contribution in [0.15, 0.2) is 54.9 Å². The number of aryl methyl sites for hydroxylation is 3. The molecule has 0 radical (unpaired) electrons. The number of hydrogen-bond donors (Lipinski definition) is 1. The van der Waals surface area contributed by atoms with E-state index in [1.165, 1.54) is 0 Å². The predicted molar refractivity (Wildman–Crippen MR) is 123 cm³/mol. The van der Waals surface area contributed by atoms with Crippen LogP contribution < -0.4 is 5.32 Å². The highest BCUT2D eigenvalue weighted by Crippen LogP contribution is 2.30. The van der Waals surface area contributed by atoms with Gasteiger partial charge in [0.2, 0.25) is 5.95 Å². The van der Waals surface area contributed by atoms with E-state index in [1.54, 1.807) is 19.2 Å². The average Bonchev–Trinajstić information content (AvgIpc) is 2.76. The van der Waals surface area contributed by atoms with E-state index in [4.69, 9.17) is 9.72 Å². The van der Waals surface area contributed by atoms with Gasteiger partial charge >= 0.3 is 5.97 Å². The molecule has 0 saturated heterocycles. The highest BCUT2D eigenvalue weighted by atomic mass is 16.5. The molecule has 0 amide bonds. The lowest BCUT2D eigenvalue weighted by Gasteiger charge is -2.12. The van der Waals surface area contributed by atoms with Gasteiger partial charge in [0.25, 0.3) is 0 Å². The average molecular weight is 412 g/mol. The second kappa shape index (κ2) is 8.52. The molecule has 6 heteroatoms. The molecule has 0 bridgehead atoms. The van der Waals surface area contributed by atoms with E-state index < -0.39 is 0 Å². The van der Waals surface area contributed by atoms with Crippen LogP contribution in [0.3, 0.4) is 0 Å². The Labute approximate surface area is 181 Å². The van der Waals surface area contributed by atoms with Crippen molar-refractivity contribution in [2.75, 3.05) is 11.9 Å². The summed E-state index contributed by atoms with van der Waals surface area (Å²) >= 11 is 0. The topological polar surface area (TPSA) is 77.0 Å². The number of nitrogens with zero attached hydrogens (tertiary/aromatic N) is 3. The molecule has 4 aromatic rings. The van der Waals surface area contributed by atoms with Crippen LogP contribution in [-0.4, -0.2) is 27.5 Å². The van der Waals surface area contributed by atoms with Crippen molar-refractivity contribution in [3.8, 4) is 11.1 Å². The summed E-state index contributed by atoms with van der Waals surface area (Å²) in [4.78, 5) is 25.6. The molecule has 0 aliphatic heterocycles. The molecule has 0 spiro atoms. The molecule has 4 rings (SSSR count). The number of pyridine rings is 1. The Morgan fingerprint density at radius 3 is 2.55 bits per heavy atom. The summed E-state index contributed by atoms with van der Waals surface area (Å²) in [6.07, 6.45) is 3.57. The second-order valence-electron chi connectivity index (χ2n) is 7.49. The van der Waals surface area contributed by atoms with Crippen molar-refractivity contribution < 1.29 is 9.53 Å². The molecular formula is C25H24N4O2. The van der Waals surface area contributed by atoms with Gasteiger partial charge in [-0.05, 0) is 86.3 Å². The van der Waals surface area contributed by atoms with Gasteiger partial charge in [-0.25, -0.2) is 14.8 Å². The van der Waals surface area contributed by atoms with Crippen LogP contribution in [0, 0.1) is 20.8 Å². The van der Waals surface area contributed by atoms with Crippen molar-refractivity contribution >= 4 is 28.5 Å². The fourth-order valence-electron chi connectivity index (χ4n) is 3.48. The molecule has 0 saturated carbocycles. The molecule has 31 heavy (non-hydrogen) atoms. The fourth-order valence-corrected chi connectivity index (χ4v) is 3.48. The monoisotopic (exact) mass is 412 g/mol. The van der Waals surface area contributed by atoms with Crippen LogP contribution in [0.5, 0.6) is 0 Å². The minimum atomic E-state index is -0.314. The standard InChI is InChI=1S/C25H24N4O2/c1-5-31-24(30)18-8-6-15(2)22(12-18)19-10-16(3)23-20(11-19)13-27-25(29-23)28-21-9-7-17(4)26-14-21/h6-14H,5H2,1-4H3,(H,27,28,29). The highest BCUT2D eigenvalue weighted by Gasteiger charge is 2.12. The molecule has 0 aliphatic rings. The molecule has 0 aliphatic carbocycles. The minimum Gasteiger partial charge on any atom is -0.462 e. The lowest BCUT2D eigenvalue weighted by molar-refractivity contribution is 0.0526. The summed E-state index contributed by atoms with van der Waals surface area (Å²) in [7, 11) is 0. The Morgan fingerprint density at radius 1 is 0.968 bits per heavy atom. The van der Waals surface area contributed by atoms with Crippen molar-refractivity contribution in [3.63, 3.8) is 0 Å². The van der Waals surface area contributed by atoms with Gasteiger partial charge in [0, 0.05) is 17.3 Å². The number of rotatable bonds is 5. The van der Waals surface area contributed by atoms with E-state index in [0.717, 1.165) is 44.5 Å². The fraction of sp³-hybridized carbons (Fsp3) is 0.200. The summed E-state index contributed by atoms with van der Waals surface area (Å²) in [6, 6.07) is 13.7. The molecule has 0 atom stereocenters. The van der Waals surface area contributed by atoms with Gasteiger partial charge in [-0.15, -0.1) is 0 Å².